The third-order valence-corrected chi connectivity index (χ3v) is 2.84. The summed E-state index contributed by atoms with van der Waals surface area (Å²) in [6.07, 6.45) is 1.12. The summed E-state index contributed by atoms with van der Waals surface area (Å²) in [5, 5.41) is 2.45. The fraction of sp³-hybridized carbons (Fsp3) is 0.214. The van der Waals surface area contributed by atoms with Crippen molar-refractivity contribution in [3.8, 4) is 11.5 Å². The first-order valence-corrected chi connectivity index (χ1v) is 6.51. The molecule has 114 valence electrons. The van der Waals surface area contributed by atoms with Crippen LogP contribution in [0.2, 0.25) is 0 Å². The van der Waals surface area contributed by atoms with Gasteiger partial charge in [0.1, 0.15) is 6.26 Å². The fourth-order valence-corrected chi connectivity index (χ4v) is 1.84. The van der Waals surface area contributed by atoms with E-state index in [-0.39, 0.29) is 25.1 Å². The van der Waals surface area contributed by atoms with E-state index in [1.807, 2.05) is 0 Å². The first-order valence-electron chi connectivity index (χ1n) is 6.51. The molecule has 0 fully saturated rings. The number of carbonyl (C=O) groups excluding carboxylic acids is 2. The minimum absolute atomic E-state index is 0.0113. The summed E-state index contributed by atoms with van der Waals surface area (Å²) in [5.41, 5.74) is 0.336. The Kier molecular flexibility index (Phi) is 3.65. The number of hydrogen-bond donors (Lipinski definition) is 1. The van der Waals surface area contributed by atoms with Gasteiger partial charge in [-0.1, -0.05) is 0 Å². The van der Waals surface area contributed by atoms with Crippen molar-refractivity contribution in [2.75, 3.05) is 18.7 Å². The molecule has 0 spiro atoms. The summed E-state index contributed by atoms with van der Waals surface area (Å²) < 4.78 is 20.2. The second-order valence-electron chi connectivity index (χ2n) is 4.28. The van der Waals surface area contributed by atoms with Crippen LogP contribution in [-0.4, -0.2) is 30.3 Å². The lowest BCUT2D eigenvalue weighted by Gasteiger charge is -2.02. The molecule has 22 heavy (non-hydrogen) atoms. The van der Waals surface area contributed by atoms with Crippen LogP contribution in [0.25, 0.3) is 0 Å². The smallest absolute Gasteiger partial charge is 0.360 e. The molecule has 0 aliphatic carbocycles. The summed E-state index contributed by atoms with van der Waals surface area (Å²) in [7, 11) is 0. The van der Waals surface area contributed by atoms with Crippen molar-refractivity contribution in [3.05, 3.63) is 35.7 Å². The van der Waals surface area contributed by atoms with Crippen molar-refractivity contribution in [1.29, 1.82) is 0 Å². The van der Waals surface area contributed by atoms with Gasteiger partial charge in [-0.15, -0.1) is 0 Å². The standard InChI is InChI=1S/C14H12N2O6/c1-2-19-13(18)9-6-20-14(15-9)16-12(17)8-3-4-10-11(5-8)22-7-21-10/h3-6H,2,7H2,1H3,(H,15,16,17). The number of esters is 1. The van der Waals surface area contributed by atoms with Gasteiger partial charge >= 0.3 is 12.0 Å². The van der Waals surface area contributed by atoms with Crippen LogP contribution in [0.3, 0.4) is 0 Å². The average Bonchev–Trinajstić information content (AvgIpc) is 3.15. The quantitative estimate of drug-likeness (QED) is 0.860. The minimum Gasteiger partial charge on any atom is -0.461 e. The first-order chi connectivity index (χ1) is 10.7. The molecule has 1 aliphatic rings. The van der Waals surface area contributed by atoms with Crippen LogP contribution >= 0.6 is 0 Å². The second-order valence-corrected chi connectivity index (χ2v) is 4.28. The number of aromatic nitrogens is 1. The first kappa shape index (κ1) is 13.9. The Morgan fingerprint density at radius 3 is 2.95 bits per heavy atom. The van der Waals surface area contributed by atoms with E-state index in [2.05, 4.69) is 10.3 Å². The molecule has 0 saturated carbocycles. The maximum atomic E-state index is 12.1. The molecule has 8 nitrogen and oxygen atoms in total. The number of oxazole rings is 1. The highest BCUT2D eigenvalue weighted by Gasteiger charge is 2.18. The molecule has 1 N–H and O–H groups in total. The lowest BCUT2D eigenvalue weighted by atomic mass is 10.2. The number of carbonyl (C=O) groups is 2. The minimum atomic E-state index is -0.616. The fourth-order valence-electron chi connectivity index (χ4n) is 1.84. The van der Waals surface area contributed by atoms with Crippen molar-refractivity contribution in [3.63, 3.8) is 0 Å². The summed E-state index contributed by atoms with van der Waals surface area (Å²) in [5.74, 6) is 0.00919. The summed E-state index contributed by atoms with van der Waals surface area (Å²) in [6, 6.07) is 4.67. The van der Waals surface area contributed by atoms with E-state index in [0.29, 0.717) is 17.1 Å². The van der Waals surface area contributed by atoms with Gasteiger partial charge in [-0.25, -0.2) is 4.79 Å². The van der Waals surface area contributed by atoms with E-state index in [1.165, 1.54) is 0 Å². The van der Waals surface area contributed by atoms with Gasteiger partial charge in [-0.05, 0) is 25.1 Å². The monoisotopic (exact) mass is 304 g/mol. The maximum Gasteiger partial charge on any atom is 0.360 e. The topological polar surface area (TPSA) is 99.9 Å². The van der Waals surface area contributed by atoms with Crippen LogP contribution < -0.4 is 14.8 Å². The molecule has 0 saturated heterocycles. The van der Waals surface area contributed by atoms with E-state index in [4.69, 9.17) is 18.6 Å². The van der Waals surface area contributed by atoms with Crippen LogP contribution in [0.15, 0.2) is 28.9 Å². The number of anilines is 1. The zero-order valence-electron chi connectivity index (χ0n) is 11.6. The average molecular weight is 304 g/mol. The number of amides is 1. The Bertz CT molecular complexity index is 724. The Hall–Kier alpha value is -3.03. The molecule has 2 aromatic rings. The Labute approximate surface area is 125 Å². The largest absolute Gasteiger partial charge is 0.461 e. The number of hydrogen-bond acceptors (Lipinski definition) is 7. The number of benzene rings is 1. The van der Waals surface area contributed by atoms with Crippen molar-refractivity contribution < 1.29 is 28.2 Å². The Morgan fingerprint density at radius 2 is 2.14 bits per heavy atom. The van der Waals surface area contributed by atoms with Gasteiger partial charge in [0.2, 0.25) is 6.79 Å². The van der Waals surface area contributed by atoms with Gasteiger partial charge < -0.3 is 18.6 Å². The van der Waals surface area contributed by atoms with Crippen LogP contribution in [0.4, 0.5) is 6.01 Å². The lowest BCUT2D eigenvalue weighted by Crippen LogP contribution is -2.12. The highest BCUT2D eigenvalue weighted by Crippen LogP contribution is 2.32. The molecular formula is C14H12N2O6. The van der Waals surface area contributed by atoms with Crippen molar-refractivity contribution in [2.45, 2.75) is 6.92 Å². The molecule has 8 heteroatoms. The molecule has 1 aliphatic heterocycles. The van der Waals surface area contributed by atoms with Crippen LogP contribution in [0.1, 0.15) is 27.8 Å². The molecule has 1 amide bonds. The predicted octanol–water partition coefficient (Wildman–Crippen LogP) is 1.83. The summed E-state index contributed by atoms with van der Waals surface area (Å²) in [6.45, 7) is 2.04. The maximum absolute atomic E-state index is 12.1. The van der Waals surface area contributed by atoms with Crippen molar-refractivity contribution >= 4 is 17.9 Å². The van der Waals surface area contributed by atoms with Gasteiger partial charge in [-0.2, -0.15) is 4.98 Å². The lowest BCUT2D eigenvalue weighted by molar-refractivity contribution is 0.0519. The van der Waals surface area contributed by atoms with E-state index in [1.54, 1.807) is 25.1 Å². The molecule has 0 radical (unpaired) electrons. The molecular weight excluding hydrogens is 292 g/mol. The highest BCUT2D eigenvalue weighted by atomic mass is 16.7. The molecule has 0 unspecified atom stereocenters. The van der Waals surface area contributed by atoms with Gasteiger partial charge in [0, 0.05) is 5.56 Å². The van der Waals surface area contributed by atoms with Gasteiger partial charge in [0.25, 0.3) is 5.91 Å². The Balaban J connectivity index is 1.70. The number of fused-ring (bicyclic) bond motifs is 1. The zero-order valence-corrected chi connectivity index (χ0v) is 11.6. The van der Waals surface area contributed by atoms with Crippen molar-refractivity contribution in [1.82, 2.24) is 4.98 Å². The predicted molar refractivity (Wildman–Crippen MR) is 73.0 cm³/mol. The van der Waals surface area contributed by atoms with Crippen LogP contribution in [0.5, 0.6) is 11.5 Å². The van der Waals surface area contributed by atoms with Crippen LogP contribution in [0, 0.1) is 0 Å². The van der Waals surface area contributed by atoms with E-state index >= 15 is 0 Å². The van der Waals surface area contributed by atoms with Crippen LogP contribution in [-0.2, 0) is 4.74 Å². The highest BCUT2D eigenvalue weighted by molar-refractivity contribution is 6.03. The van der Waals surface area contributed by atoms with E-state index in [9.17, 15) is 9.59 Å². The number of ether oxygens (including phenoxy) is 3. The Morgan fingerprint density at radius 1 is 1.32 bits per heavy atom. The number of nitrogens with zero attached hydrogens (tertiary/aromatic N) is 1. The molecule has 2 heterocycles. The third kappa shape index (κ3) is 2.71. The number of nitrogens with one attached hydrogen (secondary N) is 1. The molecule has 0 bridgehead atoms. The van der Waals surface area contributed by atoms with Crippen molar-refractivity contribution in [2.24, 2.45) is 0 Å². The third-order valence-electron chi connectivity index (χ3n) is 2.84. The SMILES string of the molecule is CCOC(=O)c1coc(NC(=O)c2ccc3c(c2)OCO3)n1. The summed E-state index contributed by atoms with van der Waals surface area (Å²) in [4.78, 5) is 27.4. The van der Waals surface area contributed by atoms with E-state index in [0.717, 1.165) is 6.26 Å². The summed E-state index contributed by atoms with van der Waals surface area (Å²) >= 11 is 0. The second kappa shape index (κ2) is 5.76. The van der Waals surface area contributed by atoms with Gasteiger partial charge in [0.15, 0.2) is 17.2 Å². The molecule has 3 rings (SSSR count). The normalized spacial score (nSPS) is 12.0. The molecule has 0 atom stereocenters. The molecule has 1 aromatic heterocycles. The number of rotatable bonds is 4. The van der Waals surface area contributed by atoms with Gasteiger partial charge in [-0.3, -0.25) is 10.1 Å². The molecule has 1 aromatic carbocycles. The van der Waals surface area contributed by atoms with Gasteiger partial charge in [0.05, 0.1) is 6.61 Å². The van der Waals surface area contributed by atoms with E-state index < -0.39 is 11.9 Å². The zero-order chi connectivity index (χ0) is 15.5.